The van der Waals surface area contributed by atoms with Crippen LogP contribution in [-0.4, -0.2) is 0 Å². The quantitative estimate of drug-likeness (QED) is 0.325. The Morgan fingerprint density at radius 2 is 0.0500 bits per heavy atom. The summed E-state index contributed by atoms with van der Waals surface area (Å²) in [5.74, 6) is 0. The summed E-state index contributed by atoms with van der Waals surface area (Å²) in [6, 6.07) is 0. The fourth-order valence-corrected chi connectivity index (χ4v) is 0. The van der Waals surface area contributed by atoms with Crippen molar-refractivity contribution in [3.63, 3.8) is 0 Å². The molecule has 40 heavy (non-hydrogen) atoms. The van der Waals surface area contributed by atoms with Crippen LogP contribution in [0.3, 0.4) is 0 Å². The van der Waals surface area contributed by atoms with Gasteiger partial charge in [-0.25, -0.2) is 0 Å². The van der Waals surface area contributed by atoms with Gasteiger partial charge in [-0.15, -0.1) is 0 Å². The van der Waals surface area contributed by atoms with E-state index in [-0.39, 0.29) is 1210 Å². The fourth-order valence-electron chi connectivity index (χ4n) is 0. The van der Waals surface area contributed by atoms with Gasteiger partial charge in [-0.2, -0.15) is 0 Å². The van der Waals surface area contributed by atoms with Crippen LogP contribution in [0.15, 0.2) is 0 Å². The molecule has 0 atom stereocenters. The van der Waals surface area contributed by atoms with Gasteiger partial charge in [-0.3, -0.25) is 0 Å². The normalized spacial score (nSPS) is 0. The van der Waals surface area contributed by atoms with Crippen molar-refractivity contribution < 1.29 is 1180 Å². The van der Waals surface area contributed by atoms with Gasteiger partial charge in [0.15, 0.2) is 0 Å². The Kier molecular flexibility index (Phi) is 2360. The molecule has 0 rings (SSSR count). The molecule has 0 aromatic heterocycles. The molecule has 0 bridgehead atoms. The van der Waals surface area contributed by atoms with E-state index in [0.29, 0.717) is 0 Å². The van der Waals surface area contributed by atoms with Crippen LogP contribution in [0.4, 0.5) is 0 Å². The van der Waals surface area contributed by atoms with Crippen LogP contribution >= 0.6 is 0 Å². The van der Waals surface area contributed by atoms with Crippen molar-refractivity contribution in [1.82, 2.24) is 0 Å². The fraction of sp³-hybridized carbons (Fsp3) is 0. The van der Waals surface area contributed by atoms with E-state index in [0.717, 1.165) is 0 Å². The van der Waals surface area contributed by atoms with E-state index >= 15 is 0 Å². The van der Waals surface area contributed by atoms with Gasteiger partial charge in [0, 0.05) is 1180 Å². The predicted molar refractivity (Wildman–Crippen MR) is 25.7 cm³/mol. The second kappa shape index (κ2) is 301. The van der Waals surface area contributed by atoms with E-state index in [2.05, 4.69) is 0 Å². The maximum absolute atomic E-state index is 0. The minimum absolute atomic E-state index is 0. The van der Waals surface area contributed by atoms with E-state index in [1.165, 1.54) is 0 Å². The molecule has 0 aromatic carbocycles. The zero-order chi connectivity index (χ0) is 0. The molecule has 0 aliphatic rings. The van der Waals surface area contributed by atoms with Gasteiger partial charge in [0.1, 0.15) is 0 Å². The minimum atomic E-state index is 0. The van der Waals surface area contributed by atoms with Crippen LogP contribution in [0.1, 0.15) is 0 Å². The van der Waals surface area contributed by atoms with Crippen molar-refractivity contribution in [3.8, 4) is 0 Å². The van der Waals surface area contributed by atoms with Gasteiger partial charge in [0.05, 0.1) is 0 Å². The SMILES string of the molecule is [CH3-].[CH3-].[CH3-].[CH3-].[Y].[Y].[Y].[Y].[Y].[Y].[Y].[Y].[Y].[Y].[Y].[Y].[Y].[Y].[Y].[Y].[Y].[Y].[Y].[Y].[Y].[Y].[Y].[Y].[Y].[Y].[Y].[Y].[Y].[Y].[Y].[Y].[Y].[Y].[Y].[Y]. The first-order valence-electron chi connectivity index (χ1n) is 0. The standard InChI is InChI=1S/4CH3.36Y/h4*1H3;;;;;;;;;;;;;;;;;;;;;;;;;;;;;;;;;;;;/q4*-1;;;;;;;;;;;;;;;;;;;;;;;;;;;;;;;;;;;;. The molecule has 0 saturated heterocycles. The molecule has 0 fully saturated rings. The van der Waals surface area contributed by atoms with Crippen molar-refractivity contribution in [1.29, 1.82) is 0 Å². The van der Waals surface area contributed by atoms with E-state index < -0.39 is 0 Å². The zero-order valence-corrected chi connectivity index (χ0v) is 127. The Labute approximate surface area is 1160 Å². The molecule has 0 aliphatic heterocycles. The Hall–Kier alpha value is 39.7. The molecule has 0 N–H and O–H groups in total. The second-order valence-electron chi connectivity index (χ2n) is 0. The van der Waals surface area contributed by atoms with Crippen LogP contribution in [-0.2, 0) is 1180 Å². The summed E-state index contributed by atoms with van der Waals surface area (Å²) in [6.45, 7) is 0. The molecule has 0 aliphatic carbocycles. The van der Waals surface area contributed by atoms with Crippen LogP contribution in [0, 0.1) is 29.7 Å². The largest absolute Gasteiger partial charge is 0.358 e. The smallest absolute Gasteiger partial charge is 0 e. The zero-order valence-electron chi connectivity index (χ0n) is 24.8. The van der Waals surface area contributed by atoms with Gasteiger partial charge in [0.25, 0.3) is 0 Å². The number of hydrogen-bond donors (Lipinski definition) is 0. The molecule has 140 valence electrons. The molecule has 36 radical (unpaired) electrons. The van der Waals surface area contributed by atoms with Crippen LogP contribution in [0.2, 0.25) is 0 Å². The third kappa shape index (κ3) is 290. The van der Waals surface area contributed by atoms with Gasteiger partial charge in [-0.1, -0.05) is 0 Å². The van der Waals surface area contributed by atoms with Gasteiger partial charge < -0.3 is 29.7 Å². The third-order valence-electron chi connectivity index (χ3n) is 0. The molecule has 0 aromatic rings. The summed E-state index contributed by atoms with van der Waals surface area (Å²) >= 11 is 0. The Morgan fingerprint density at radius 1 is 0.0500 bits per heavy atom. The Morgan fingerprint density at radius 3 is 0.0500 bits per heavy atom. The van der Waals surface area contributed by atoms with E-state index in [4.69, 9.17) is 0 Å². The first kappa shape index (κ1) is 313. The molecule has 0 nitrogen and oxygen atoms in total. The van der Waals surface area contributed by atoms with Crippen molar-refractivity contribution in [3.05, 3.63) is 29.7 Å². The molecule has 0 amide bonds. The van der Waals surface area contributed by atoms with Crippen molar-refractivity contribution in [2.45, 2.75) is 0 Å². The average Bonchev–Trinajstić information content (AvgIpc) is 0. The maximum atomic E-state index is 0. The van der Waals surface area contributed by atoms with Crippen LogP contribution in [0.5, 0.6) is 0 Å². The van der Waals surface area contributed by atoms with E-state index in [1.807, 2.05) is 0 Å². The van der Waals surface area contributed by atoms with Crippen molar-refractivity contribution in [2.75, 3.05) is 0 Å². The summed E-state index contributed by atoms with van der Waals surface area (Å²) in [4.78, 5) is 0. The summed E-state index contributed by atoms with van der Waals surface area (Å²) in [6.07, 6.45) is 0. The molecule has 36 heteroatoms. The topological polar surface area (TPSA) is 0 Å². The summed E-state index contributed by atoms with van der Waals surface area (Å²) < 4.78 is 0. The minimum Gasteiger partial charge on any atom is -0.358 e. The molecule has 0 spiro atoms. The van der Waals surface area contributed by atoms with Crippen molar-refractivity contribution >= 4 is 0 Å². The molecule has 0 saturated carbocycles. The van der Waals surface area contributed by atoms with Gasteiger partial charge in [0.2, 0.25) is 0 Å². The average molecular weight is 3260 g/mol. The van der Waals surface area contributed by atoms with Crippen LogP contribution in [0.25, 0.3) is 0 Å². The van der Waals surface area contributed by atoms with Gasteiger partial charge in [-0.05, 0) is 0 Å². The molecule has 0 unspecified atom stereocenters. The van der Waals surface area contributed by atoms with E-state index in [9.17, 15) is 0 Å². The van der Waals surface area contributed by atoms with E-state index in [1.54, 1.807) is 0 Å². The van der Waals surface area contributed by atoms with Crippen molar-refractivity contribution in [2.24, 2.45) is 0 Å². The molecular weight excluding hydrogens is 3250 g/mol. The number of hydrogen-bond acceptors (Lipinski definition) is 0. The Bertz CT molecular complexity index is 18.8. The monoisotopic (exact) mass is 3260 g/mol. The summed E-state index contributed by atoms with van der Waals surface area (Å²) in [5, 5.41) is 0. The first-order chi connectivity index (χ1) is 0. The number of rotatable bonds is 0. The third-order valence-corrected chi connectivity index (χ3v) is 0. The van der Waals surface area contributed by atoms with Gasteiger partial charge >= 0.3 is 0 Å². The maximum Gasteiger partial charge on any atom is 0 e. The summed E-state index contributed by atoms with van der Waals surface area (Å²) in [7, 11) is 0. The second-order valence-corrected chi connectivity index (χ2v) is 0. The van der Waals surface area contributed by atoms with Crippen LogP contribution < -0.4 is 0 Å². The summed E-state index contributed by atoms with van der Waals surface area (Å²) in [5.41, 5.74) is 0. The molecular formula is C4H12Y36-4. The Balaban J connectivity index is 0. The molecule has 0 heterocycles. The first-order valence-corrected chi connectivity index (χ1v) is 0. The predicted octanol–water partition coefficient (Wildman–Crippen LogP) is 1.71.